The van der Waals surface area contributed by atoms with Crippen LogP contribution in [0.15, 0.2) is 48.8 Å². The molecular weight excluding hydrogens is 437 g/mol. The number of carbonyl (C=O) groups excluding carboxylic acids is 1. The van der Waals surface area contributed by atoms with Crippen LogP contribution in [-0.4, -0.2) is 54.4 Å². The SMILES string of the molecule is C[C@H]1COC[C@@H](c2cc3ccccn3n2)N1C(=O)c1cc2c(cc1F)nc(N)c1cnn(C)c12. The van der Waals surface area contributed by atoms with Crippen LogP contribution < -0.4 is 5.73 Å². The highest BCUT2D eigenvalue weighted by Crippen LogP contribution is 2.33. The number of halogens is 1. The van der Waals surface area contributed by atoms with E-state index in [0.29, 0.717) is 34.1 Å². The number of aryl methyl sites for hydroxylation is 1. The molecule has 0 spiro atoms. The van der Waals surface area contributed by atoms with Gasteiger partial charge in [-0.05, 0) is 31.2 Å². The number of hydrogen-bond acceptors (Lipinski definition) is 6. The average Bonchev–Trinajstić information content (AvgIpc) is 3.42. The molecule has 9 nitrogen and oxygen atoms in total. The number of aromatic nitrogens is 5. The number of nitrogen functional groups attached to an aromatic ring is 1. The maximum atomic E-state index is 15.3. The summed E-state index contributed by atoms with van der Waals surface area (Å²) in [7, 11) is 1.77. The van der Waals surface area contributed by atoms with Gasteiger partial charge in [0.1, 0.15) is 11.6 Å². The van der Waals surface area contributed by atoms with Gasteiger partial charge in [0.2, 0.25) is 0 Å². The topological polar surface area (TPSA) is 104 Å². The van der Waals surface area contributed by atoms with Crippen LogP contribution in [0.2, 0.25) is 0 Å². The van der Waals surface area contributed by atoms with Gasteiger partial charge in [-0.2, -0.15) is 10.2 Å². The van der Waals surface area contributed by atoms with Crippen LogP contribution in [0.5, 0.6) is 0 Å². The lowest BCUT2D eigenvalue weighted by atomic mass is 10.0. The number of rotatable bonds is 2. The summed E-state index contributed by atoms with van der Waals surface area (Å²) in [5.41, 5.74) is 8.67. The van der Waals surface area contributed by atoms with Gasteiger partial charge in [0.05, 0.1) is 64.7 Å². The van der Waals surface area contributed by atoms with Crippen molar-refractivity contribution in [2.24, 2.45) is 7.05 Å². The van der Waals surface area contributed by atoms with Crippen molar-refractivity contribution >= 4 is 39.0 Å². The number of anilines is 1. The molecular formula is C24H22FN7O2. The summed E-state index contributed by atoms with van der Waals surface area (Å²) in [5, 5.41) is 10.2. The molecule has 1 aliphatic heterocycles. The molecule has 34 heavy (non-hydrogen) atoms. The van der Waals surface area contributed by atoms with Crippen molar-refractivity contribution in [2.45, 2.75) is 19.0 Å². The van der Waals surface area contributed by atoms with E-state index in [4.69, 9.17) is 10.5 Å². The Labute approximate surface area is 193 Å². The molecule has 4 aromatic heterocycles. The normalized spacial score (nSPS) is 18.9. The first-order valence-corrected chi connectivity index (χ1v) is 11.0. The maximum Gasteiger partial charge on any atom is 0.257 e. The molecule has 2 atom stereocenters. The molecule has 0 unspecified atom stereocenters. The van der Waals surface area contributed by atoms with Crippen molar-refractivity contribution in [1.82, 2.24) is 29.3 Å². The van der Waals surface area contributed by atoms with Crippen molar-refractivity contribution in [2.75, 3.05) is 18.9 Å². The number of hydrogen-bond donors (Lipinski definition) is 1. The molecule has 1 aliphatic rings. The lowest BCUT2D eigenvalue weighted by molar-refractivity contribution is -0.0329. The second-order valence-electron chi connectivity index (χ2n) is 8.63. The zero-order valence-corrected chi connectivity index (χ0v) is 18.6. The fourth-order valence-electron chi connectivity index (χ4n) is 4.79. The van der Waals surface area contributed by atoms with E-state index in [2.05, 4.69) is 15.2 Å². The van der Waals surface area contributed by atoms with Crippen LogP contribution in [0.4, 0.5) is 10.2 Å². The minimum absolute atomic E-state index is 0.0379. The van der Waals surface area contributed by atoms with Gasteiger partial charge in [-0.1, -0.05) is 6.07 Å². The number of carbonyl (C=O) groups is 1. The van der Waals surface area contributed by atoms with Crippen molar-refractivity contribution in [3.8, 4) is 0 Å². The highest BCUT2D eigenvalue weighted by atomic mass is 19.1. The Morgan fingerprint density at radius 2 is 2.06 bits per heavy atom. The van der Waals surface area contributed by atoms with E-state index in [1.165, 1.54) is 6.07 Å². The number of nitrogens with two attached hydrogens (primary N) is 1. The summed E-state index contributed by atoms with van der Waals surface area (Å²) < 4.78 is 24.5. The number of fused-ring (bicyclic) bond motifs is 4. The van der Waals surface area contributed by atoms with Crippen molar-refractivity contribution in [3.63, 3.8) is 0 Å². The third-order valence-corrected chi connectivity index (χ3v) is 6.44. The lowest BCUT2D eigenvalue weighted by Crippen LogP contribution is -2.49. The molecule has 6 rings (SSSR count). The predicted molar refractivity (Wildman–Crippen MR) is 125 cm³/mol. The Bertz CT molecular complexity index is 1560. The van der Waals surface area contributed by atoms with Gasteiger partial charge >= 0.3 is 0 Å². The Morgan fingerprint density at radius 3 is 2.88 bits per heavy atom. The number of morpholine rings is 1. The molecule has 1 aromatic carbocycles. The number of pyridine rings is 2. The zero-order valence-electron chi connectivity index (χ0n) is 18.6. The Kier molecular flexibility index (Phi) is 4.53. The highest BCUT2D eigenvalue weighted by molar-refractivity contribution is 6.10. The number of nitrogens with zero attached hydrogens (tertiary/aromatic N) is 6. The number of benzene rings is 1. The Morgan fingerprint density at radius 1 is 1.21 bits per heavy atom. The maximum absolute atomic E-state index is 15.3. The summed E-state index contributed by atoms with van der Waals surface area (Å²) in [6, 6.07) is 9.76. The van der Waals surface area contributed by atoms with E-state index < -0.39 is 17.8 Å². The molecule has 1 amide bonds. The average molecular weight is 459 g/mol. The fraction of sp³-hybridized carbons (Fsp3) is 0.250. The predicted octanol–water partition coefficient (Wildman–Crippen LogP) is 3.09. The monoisotopic (exact) mass is 459 g/mol. The molecule has 1 fully saturated rings. The lowest BCUT2D eigenvalue weighted by Gasteiger charge is -2.39. The first-order valence-electron chi connectivity index (χ1n) is 11.0. The van der Waals surface area contributed by atoms with Gasteiger partial charge < -0.3 is 15.4 Å². The standard InChI is InChI=1S/C24H22FN7O2/c1-13-11-34-12-21(20-7-14-5-3-4-6-31(14)29-20)32(13)24(33)15-8-16-19(9-18(15)25)28-23(26)17-10-27-30(2)22(16)17/h3-10,13,21H,11-12H2,1-2H3,(H2,26,28)/t13-,21-/m0/s1. The van der Waals surface area contributed by atoms with Crippen molar-refractivity contribution < 1.29 is 13.9 Å². The van der Waals surface area contributed by atoms with Gasteiger partial charge in [-0.15, -0.1) is 0 Å². The number of ether oxygens (including phenoxy) is 1. The van der Waals surface area contributed by atoms with Gasteiger partial charge in [0, 0.05) is 24.7 Å². The van der Waals surface area contributed by atoms with E-state index in [-0.39, 0.29) is 24.0 Å². The molecule has 1 saturated heterocycles. The molecule has 0 aliphatic carbocycles. The minimum atomic E-state index is -0.654. The van der Waals surface area contributed by atoms with Gasteiger partial charge in [-0.25, -0.2) is 13.9 Å². The third-order valence-electron chi connectivity index (χ3n) is 6.44. The van der Waals surface area contributed by atoms with Crippen molar-refractivity contribution in [1.29, 1.82) is 0 Å². The van der Waals surface area contributed by atoms with Gasteiger partial charge in [0.15, 0.2) is 0 Å². The molecule has 2 N–H and O–H groups in total. The second-order valence-corrected chi connectivity index (χ2v) is 8.63. The third kappa shape index (κ3) is 3.02. The molecule has 172 valence electrons. The summed E-state index contributed by atoms with van der Waals surface area (Å²) in [6.45, 7) is 2.52. The largest absolute Gasteiger partial charge is 0.383 e. The van der Waals surface area contributed by atoms with Gasteiger partial charge in [-0.3, -0.25) is 9.48 Å². The zero-order chi connectivity index (χ0) is 23.6. The molecule has 0 saturated carbocycles. The van der Waals surface area contributed by atoms with Crippen LogP contribution in [-0.2, 0) is 11.8 Å². The fourth-order valence-corrected chi connectivity index (χ4v) is 4.79. The van der Waals surface area contributed by atoms with Gasteiger partial charge in [0.25, 0.3) is 5.91 Å². The van der Waals surface area contributed by atoms with E-state index in [1.807, 2.05) is 37.4 Å². The van der Waals surface area contributed by atoms with Crippen LogP contribution in [0, 0.1) is 5.82 Å². The Balaban J connectivity index is 1.48. The highest BCUT2D eigenvalue weighted by Gasteiger charge is 2.37. The molecule has 10 heteroatoms. The quantitative estimate of drug-likeness (QED) is 0.435. The first kappa shape index (κ1) is 20.5. The number of amides is 1. The summed E-state index contributed by atoms with van der Waals surface area (Å²) >= 11 is 0. The molecule has 5 aromatic rings. The van der Waals surface area contributed by atoms with E-state index >= 15 is 4.39 Å². The summed E-state index contributed by atoms with van der Waals surface area (Å²) in [4.78, 5) is 19.8. The van der Waals surface area contributed by atoms with Crippen LogP contribution in [0.3, 0.4) is 0 Å². The second kappa shape index (κ2) is 7.49. The van der Waals surface area contributed by atoms with Crippen LogP contribution in [0.25, 0.3) is 27.3 Å². The molecule has 0 bridgehead atoms. The molecule has 5 heterocycles. The van der Waals surface area contributed by atoms with Crippen molar-refractivity contribution in [3.05, 3.63) is 65.9 Å². The minimum Gasteiger partial charge on any atom is -0.383 e. The summed E-state index contributed by atoms with van der Waals surface area (Å²) in [6.07, 6.45) is 3.46. The van der Waals surface area contributed by atoms with E-state index in [0.717, 1.165) is 5.52 Å². The first-order chi connectivity index (χ1) is 16.4. The van der Waals surface area contributed by atoms with E-state index in [1.54, 1.807) is 33.4 Å². The van der Waals surface area contributed by atoms with Crippen LogP contribution >= 0.6 is 0 Å². The smallest absolute Gasteiger partial charge is 0.257 e. The van der Waals surface area contributed by atoms with E-state index in [9.17, 15) is 4.79 Å². The van der Waals surface area contributed by atoms with Crippen LogP contribution in [0.1, 0.15) is 29.0 Å². The molecule has 0 radical (unpaired) electrons. The Hall–Kier alpha value is -4.05. The summed E-state index contributed by atoms with van der Waals surface area (Å²) in [5.74, 6) is -0.814.